The Morgan fingerprint density at radius 3 is 2.44 bits per heavy atom. The predicted molar refractivity (Wildman–Crippen MR) is 81.5 cm³/mol. The zero-order valence-corrected chi connectivity index (χ0v) is 13.9. The molecule has 1 aromatic carbocycles. The third-order valence-corrected chi connectivity index (χ3v) is 7.03. The van der Waals surface area contributed by atoms with Gasteiger partial charge in [-0.05, 0) is 61.5 Å². The van der Waals surface area contributed by atoms with Gasteiger partial charge in [0.1, 0.15) is 0 Å². The maximum Gasteiger partial charge on any atom is 0.184 e. The standard InChI is InChI=1S/C11H9Br2NO2S2/c12-8-3-4-17-10(8)6-18(15,16)11-2-1-7(14)5-9(11)13/h1-5H,6,14H2. The molecule has 18 heavy (non-hydrogen) atoms. The molecule has 0 aliphatic rings. The summed E-state index contributed by atoms with van der Waals surface area (Å²) in [6, 6.07) is 6.54. The van der Waals surface area contributed by atoms with E-state index >= 15 is 0 Å². The summed E-state index contributed by atoms with van der Waals surface area (Å²) in [7, 11) is -3.38. The molecule has 0 aliphatic heterocycles. The molecule has 0 radical (unpaired) electrons. The fraction of sp³-hybridized carbons (Fsp3) is 0.0909. The summed E-state index contributed by atoms with van der Waals surface area (Å²) in [6.07, 6.45) is 0. The van der Waals surface area contributed by atoms with Crippen molar-refractivity contribution in [3.8, 4) is 0 Å². The number of sulfone groups is 1. The van der Waals surface area contributed by atoms with Crippen molar-refractivity contribution >= 4 is 58.7 Å². The second kappa shape index (κ2) is 5.32. The first kappa shape index (κ1) is 14.0. The third kappa shape index (κ3) is 2.96. The van der Waals surface area contributed by atoms with Crippen molar-refractivity contribution in [1.29, 1.82) is 0 Å². The van der Waals surface area contributed by atoms with Gasteiger partial charge in [0.2, 0.25) is 0 Å². The molecule has 2 N–H and O–H groups in total. The molecule has 2 aromatic rings. The van der Waals surface area contributed by atoms with Crippen LogP contribution in [0.4, 0.5) is 5.69 Å². The van der Waals surface area contributed by atoms with E-state index in [1.54, 1.807) is 12.1 Å². The minimum absolute atomic E-state index is 0.0201. The minimum Gasteiger partial charge on any atom is -0.399 e. The quantitative estimate of drug-likeness (QED) is 0.782. The summed E-state index contributed by atoms with van der Waals surface area (Å²) in [4.78, 5) is 1.05. The summed E-state index contributed by atoms with van der Waals surface area (Å²) >= 11 is 7.99. The SMILES string of the molecule is Nc1ccc(S(=O)(=O)Cc2sccc2Br)c(Br)c1. The first-order valence-electron chi connectivity index (χ1n) is 4.90. The molecule has 0 saturated carbocycles. The molecule has 0 amide bonds. The van der Waals surface area contributed by atoms with Crippen molar-refractivity contribution in [2.75, 3.05) is 5.73 Å². The van der Waals surface area contributed by atoms with Gasteiger partial charge in [0, 0.05) is 19.5 Å². The average molecular weight is 411 g/mol. The van der Waals surface area contributed by atoms with Gasteiger partial charge in [-0.2, -0.15) is 0 Å². The Balaban J connectivity index is 2.40. The molecule has 1 heterocycles. The van der Waals surface area contributed by atoms with Gasteiger partial charge in [-0.25, -0.2) is 8.42 Å². The summed E-state index contributed by atoms with van der Waals surface area (Å²) in [5.41, 5.74) is 6.13. The van der Waals surface area contributed by atoms with Gasteiger partial charge in [-0.15, -0.1) is 11.3 Å². The van der Waals surface area contributed by atoms with Crippen LogP contribution in [-0.2, 0) is 15.6 Å². The van der Waals surface area contributed by atoms with Crippen molar-refractivity contribution in [2.45, 2.75) is 10.6 Å². The summed E-state index contributed by atoms with van der Waals surface area (Å²) in [6.45, 7) is 0. The molecule has 0 atom stereocenters. The number of anilines is 1. The van der Waals surface area contributed by atoms with E-state index in [1.807, 2.05) is 11.4 Å². The Labute approximate surface area is 126 Å². The van der Waals surface area contributed by atoms with Gasteiger partial charge in [0.05, 0.1) is 10.6 Å². The van der Waals surface area contributed by atoms with E-state index in [9.17, 15) is 8.42 Å². The molecule has 2 rings (SSSR count). The van der Waals surface area contributed by atoms with Crippen molar-refractivity contribution in [2.24, 2.45) is 0 Å². The Morgan fingerprint density at radius 2 is 1.89 bits per heavy atom. The Bertz CT molecular complexity index is 680. The largest absolute Gasteiger partial charge is 0.399 e. The van der Waals surface area contributed by atoms with Crippen LogP contribution in [0.2, 0.25) is 0 Å². The Hall–Kier alpha value is -0.370. The highest BCUT2D eigenvalue weighted by Crippen LogP contribution is 2.31. The maximum atomic E-state index is 12.3. The average Bonchev–Trinajstić information content (AvgIpc) is 2.63. The van der Waals surface area contributed by atoms with Crippen molar-refractivity contribution < 1.29 is 8.42 Å². The van der Waals surface area contributed by atoms with Crippen LogP contribution < -0.4 is 5.73 Å². The maximum absolute atomic E-state index is 12.3. The number of nitrogens with two attached hydrogens (primary N) is 1. The number of hydrogen-bond donors (Lipinski definition) is 1. The lowest BCUT2D eigenvalue weighted by Gasteiger charge is -2.06. The first-order chi connectivity index (χ1) is 8.40. The molecule has 0 fully saturated rings. The molecule has 0 unspecified atom stereocenters. The molecule has 0 saturated heterocycles. The summed E-state index contributed by atoms with van der Waals surface area (Å²) < 4.78 is 25.9. The molecule has 96 valence electrons. The minimum atomic E-state index is -3.38. The normalized spacial score (nSPS) is 11.7. The summed E-state index contributed by atoms with van der Waals surface area (Å²) in [5, 5.41) is 1.85. The number of rotatable bonds is 3. The number of thiophene rings is 1. The van der Waals surface area contributed by atoms with Gasteiger partial charge in [-0.3, -0.25) is 0 Å². The fourth-order valence-corrected chi connectivity index (χ4v) is 6.07. The smallest absolute Gasteiger partial charge is 0.184 e. The number of nitrogen functional groups attached to an aromatic ring is 1. The lowest BCUT2D eigenvalue weighted by Crippen LogP contribution is -2.05. The highest BCUT2D eigenvalue weighted by atomic mass is 79.9. The zero-order valence-electron chi connectivity index (χ0n) is 9.06. The lowest BCUT2D eigenvalue weighted by atomic mass is 10.3. The topological polar surface area (TPSA) is 60.2 Å². The van der Waals surface area contributed by atoms with Crippen LogP contribution in [-0.4, -0.2) is 8.42 Å². The molecule has 3 nitrogen and oxygen atoms in total. The number of hydrogen-bond acceptors (Lipinski definition) is 4. The monoisotopic (exact) mass is 409 g/mol. The predicted octanol–water partition coefficient (Wildman–Crippen LogP) is 3.83. The van der Waals surface area contributed by atoms with Gasteiger partial charge < -0.3 is 5.73 Å². The van der Waals surface area contributed by atoms with E-state index in [0.717, 1.165) is 9.35 Å². The molecular formula is C11H9Br2NO2S2. The Kier molecular flexibility index (Phi) is 4.15. The first-order valence-corrected chi connectivity index (χ1v) is 9.01. The second-order valence-electron chi connectivity index (χ2n) is 3.64. The van der Waals surface area contributed by atoms with Crippen LogP contribution >= 0.6 is 43.2 Å². The number of halogens is 2. The molecule has 0 spiro atoms. The van der Waals surface area contributed by atoms with Crippen LogP contribution in [0.3, 0.4) is 0 Å². The van der Waals surface area contributed by atoms with Crippen molar-refractivity contribution in [3.63, 3.8) is 0 Å². The van der Waals surface area contributed by atoms with Crippen LogP contribution in [0, 0.1) is 0 Å². The molecule has 0 aliphatic carbocycles. The van der Waals surface area contributed by atoms with Crippen molar-refractivity contribution in [3.05, 3.63) is 43.5 Å². The third-order valence-electron chi connectivity index (χ3n) is 2.30. The van der Waals surface area contributed by atoms with Crippen LogP contribution in [0.15, 0.2) is 43.5 Å². The van der Waals surface area contributed by atoms with Gasteiger partial charge in [-0.1, -0.05) is 0 Å². The second-order valence-corrected chi connectivity index (χ2v) is 8.31. The highest BCUT2D eigenvalue weighted by Gasteiger charge is 2.20. The van der Waals surface area contributed by atoms with Crippen LogP contribution in [0.5, 0.6) is 0 Å². The Morgan fingerprint density at radius 1 is 1.17 bits per heavy atom. The van der Waals surface area contributed by atoms with E-state index in [2.05, 4.69) is 31.9 Å². The van der Waals surface area contributed by atoms with Gasteiger partial charge in [0.15, 0.2) is 9.84 Å². The van der Waals surface area contributed by atoms with E-state index < -0.39 is 9.84 Å². The molecule has 1 aromatic heterocycles. The van der Waals surface area contributed by atoms with Gasteiger partial charge in [0.25, 0.3) is 0 Å². The molecule has 7 heteroatoms. The number of benzene rings is 1. The lowest BCUT2D eigenvalue weighted by molar-refractivity contribution is 0.595. The van der Waals surface area contributed by atoms with E-state index in [1.165, 1.54) is 17.4 Å². The highest BCUT2D eigenvalue weighted by molar-refractivity contribution is 9.10. The van der Waals surface area contributed by atoms with Gasteiger partial charge >= 0.3 is 0 Å². The molecular weight excluding hydrogens is 402 g/mol. The van der Waals surface area contributed by atoms with E-state index in [-0.39, 0.29) is 10.6 Å². The molecule has 0 bridgehead atoms. The van der Waals surface area contributed by atoms with E-state index in [4.69, 9.17) is 5.73 Å². The van der Waals surface area contributed by atoms with Crippen LogP contribution in [0.1, 0.15) is 4.88 Å². The summed E-state index contributed by atoms with van der Waals surface area (Å²) in [5.74, 6) is -0.0201. The van der Waals surface area contributed by atoms with Crippen LogP contribution in [0.25, 0.3) is 0 Å². The fourth-order valence-electron chi connectivity index (χ4n) is 1.45. The van der Waals surface area contributed by atoms with E-state index in [0.29, 0.717) is 10.2 Å². The zero-order chi connectivity index (χ0) is 13.3. The van der Waals surface area contributed by atoms with Crippen molar-refractivity contribution in [1.82, 2.24) is 0 Å².